The second-order valence-corrected chi connectivity index (χ2v) is 1.68. The molecule has 3 nitrogen and oxygen atoms in total. The molecule has 0 aliphatic rings. The first-order valence-corrected chi connectivity index (χ1v) is 2.82. The van der Waals surface area contributed by atoms with E-state index in [1.807, 2.05) is 0 Å². The summed E-state index contributed by atoms with van der Waals surface area (Å²) < 4.78 is 0. The molecule has 0 spiro atoms. The largest absolute Gasteiger partial charge is 0.343 e. The third-order valence-electron chi connectivity index (χ3n) is 1.02. The summed E-state index contributed by atoms with van der Waals surface area (Å²) in [6.07, 6.45) is 1.07. The number of hydroxylamine groups is 2. The summed E-state index contributed by atoms with van der Waals surface area (Å²) in [5, 5.41) is 1.20. The Morgan fingerprint density at radius 3 is 2.50 bits per heavy atom. The van der Waals surface area contributed by atoms with Crippen LogP contribution in [-0.4, -0.2) is 25.1 Å². The van der Waals surface area contributed by atoms with Crippen LogP contribution in [0.5, 0.6) is 0 Å². The molecule has 0 rings (SSSR count). The van der Waals surface area contributed by atoms with E-state index in [0.29, 0.717) is 12.8 Å². The molecular weight excluding hydrogens is 302 g/mol. The van der Waals surface area contributed by atoms with Crippen LogP contribution in [0.4, 0.5) is 0 Å². The molecule has 0 aromatic heterocycles. The Bertz CT molecular complexity index is 97.7. The molecule has 0 N–H and O–H groups in total. The van der Waals surface area contributed by atoms with Crippen LogP contribution in [0, 0.1) is 6.92 Å². The van der Waals surface area contributed by atoms with Crippen LogP contribution < -0.4 is 0 Å². The predicted molar refractivity (Wildman–Crippen MR) is 34.4 cm³/mol. The van der Waals surface area contributed by atoms with E-state index in [2.05, 4.69) is 11.8 Å². The van der Waals surface area contributed by atoms with Gasteiger partial charge in [-0.2, -0.15) is 6.42 Å². The van der Waals surface area contributed by atoms with Gasteiger partial charge in [0.1, 0.15) is 0 Å². The van der Waals surface area contributed by atoms with Crippen molar-refractivity contribution >= 4 is 5.91 Å². The van der Waals surface area contributed by atoms with Crippen LogP contribution in [0.15, 0.2) is 0 Å². The quantitative estimate of drug-likeness (QED) is 0.565. The van der Waals surface area contributed by atoms with Gasteiger partial charge in [-0.25, -0.2) is 5.06 Å². The first-order chi connectivity index (χ1) is 4.22. The molecule has 0 radical (unpaired) electrons. The van der Waals surface area contributed by atoms with E-state index in [0.717, 1.165) is 0 Å². The Morgan fingerprint density at radius 2 is 2.20 bits per heavy atom. The molecule has 0 unspecified atom stereocenters. The number of nitrogens with zero attached hydrogens (tertiary/aromatic N) is 1. The Kier molecular flexibility index (Phi) is 9.23. The molecule has 0 aromatic rings. The van der Waals surface area contributed by atoms with Crippen LogP contribution in [0.1, 0.15) is 12.8 Å². The fourth-order valence-corrected chi connectivity index (χ4v) is 0.410. The van der Waals surface area contributed by atoms with Crippen molar-refractivity contribution in [3.05, 3.63) is 6.92 Å². The minimum atomic E-state index is -0.0347. The van der Waals surface area contributed by atoms with Gasteiger partial charge in [0.05, 0.1) is 7.11 Å². The molecule has 0 saturated carbocycles. The summed E-state index contributed by atoms with van der Waals surface area (Å²) >= 11 is 0. The number of rotatable bonds is 3. The zero-order valence-corrected chi connectivity index (χ0v) is 9.23. The first kappa shape index (κ1) is 12.8. The van der Waals surface area contributed by atoms with Crippen molar-refractivity contribution in [2.24, 2.45) is 0 Å². The van der Waals surface area contributed by atoms with Gasteiger partial charge in [-0.3, -0.25) is 9.63 Å². The molecule has 0 aliphatic carbocycles. The van der Waals surface area contributed by atoms with Gasteiger partial charge in [0, 0.05) is 34.5 Å². The van der Waals surface area contributed by atoms with Gasteiger partial charge in [0.15, 0.2) is 0 Å². The zero-order valence-electron chi connectivity index (χ0n) is 6.29. The summed E-state index contributed by atoms with van der Waals surface area (Å²) in [5.41, 5.74) is 0. The Hall–Kier alpha value is 0.118. The fourth-order valence-electron chi connectivity index (χ4n) is 0.410. The monoisotopic (exact) mass is 314 g/mol. The van der Waals surface area contributed by atoms with E-state index in [9.17, 15) is 4.79 Å². The summed E-state index contributed by atoms with van der Waals surface area (Å²) in [7, 11) is 3.04. The van der Waals surface area contributed by atoms with E-state index in [-0.39, 0.29) is 27.0 Å². The van der Waals surface area contributed by atoms with Gasteiger partial charge in [-0.15, -0.1) is 0 Å². The van der Waals surface area contributed by atoms with E-state index in [1.165, 1.54) is 12.2 Å². The predicted octanol–water partition coefficient (Wildman–Crippen LogP) is 0.618. The molecule has 0 fully saturated rings. The number of hydrogen-bond donors (Lipinski definition) is 0. The summed E-state index contributed by atoms with van der Waals surface area (Å²) in [4.78, 5) is 15.4. The number of carbonyl (C=O) groups is 1. The summed E-state index contributed by atoms with van der Waals surface area (Å²) in [5.74, 6) is -0.0347. The smallest absolute Gasteiger partial charge is 0.243 e. The van der Waals surface area contributed by atoms with E-state index in [1.54, 1.807) is 7.05 Å². The second-order valence-electron chi connectivity index (χ2n) is 1.68. The van der Waals surface area contributed by atoms with Gasteiger partial charge in [-0.05, 0) is 0 Å². The molecule has 0 saturated heterocycles. The van der Waals surface area contributed by atoms with Gasteiger partial charge < -0.3 is 6.92 Å². The van der Waals surface area contributed by atoms with Crippen LogP contribution in [0.25, 0.3) is 0 Å². The van der Waals surface area contributed by atoms with Gasteiger partial charge in [0.2, 0.25) is 5.91 Å². The van der Waals surface area contributed by atoms with Crippen molar-refractivity contribution in [1.29, 1.82) is 0 Å². The van der Waals surface area contributed by atoms with Crippen molar-refractivity contribution in [3.8, 4) is 0 Å². The van der Waals surface area contributed by atoms with E-state index < -0.39 is 0 Å². The average Bonchev–Trinajstić information content (AvgIpc) is 1.87. The van der Waals surface area contributed by atoms with E-state index >= 15 is 0 Å². The normalized spacial score (nSPS) is 8.30. The van der Waals surface area contributed by atoms with Crippen molar-refractivity contribution < 1.29 is 30.7 Å². The molecule has 0 atom stereocenters. The minimum absolute atomic E-state index is 0. The second kappa shape index (κ2) is 7.23. The van der Waals surface area contributed by atoms with Crippen LogP contribution in [0.2, 0.25) is 0 Å². The molecule has 0 heterocycles. The molecule has 60 valence electrons. The third-order valence-corrected chi connectivity index (χ3v) is 1.02. The van der Waals surface area contributed by atoms with Crippen LogP contribution >= 0.6 is 0 Å². The van der Waals surface area contributed by atoms with Gasteiger partial charge in [0.25, 0.3) is 0 Å². The Balaban J connectivity index is 0. The van der Waals surface area contributed by atoms with Crippen molar-refractivity contribution in [3.63, 3.8) is 0 Å². The number of hydrogen-bond acceptors (Lipinski definition) is 2. The Labute approximate surface area is 75.9 Å². The number of carbonyl (C=O) groups excluding carboxylic acids is 1. The standard InChI is InChI=1S/C6H12NO2.W/c1-4-5-6(8)7(2)9-3;/h1,4-5H2,2-3H3;/q-1;. The fraction of sp³-hybridized carbons (Fsp3) is 0.667. The molecule has 0 aliphatic heterocycles. The zero-order chi connectivity index (χ0) is 7.28. The molecule has 0 aromatic carbocycles. The van der Waals surface area contributed by atoms with Gasteiger partial charge >= 0.3 is 0 Å². The van der Waals surface area contributed by atoms with Crippen molar-refractivity contribution in [2.75, 3.05) is 14.2 Å². The summed E-state index contributed by atoms with van der Waals surface area (Å²) in [6.45, 7) is 3.54. The van der Waals surface area contributed by atoms with E-state index in [4.69, 9.17) is 0 Å². The summed E-state index contributed by atoms with van der Waals surface area (Å²) in [6, 6.07) is 0. The third kappa shape index (κ3) is 4.95. The maximum atomic E-state index is 10.7. The first-order valence-electron chi connectivity index (χ1n) is 2.82. The SMILES string of the molecule is [CH2-]CCC(=O)N(C)OC.[W]. The maximum absolute atomic E-state index is 10.7. The van der Waals surface area contributed by atoms with Crippen molar-refractivity contribution in [1.82, 2.24) is 5.06 Å². The maximum Gasteiger partial charge on any atom is 0.243 e. The average molecular weight is 314 g/mol. The van der Waals surface area contributed by atoms with Gasteiger partial charge in [-0.1, -0.05) is 0 Å². The molecular formula is C6H12NO2W-. The molecule has 0 bridgehead atoms. The topological polar surface area (TPSA) is 29.5 Å². The Morgan fingerprint density at radius 1 is 1.70 bits per heavy atom. The van der Waals surface area contributed by atoms with Crippen molar-refractivity contribution in [2.45, 2.75) is 12.8 Å². The molecule has 1 amide bonds. The molecule has 4 heteroatoms. The minimum Gasteiger partial charge on any atom is -0.343 e. The molecule has 10 heavy (non-hydrogen) atoms. The van der Waals surface area contributed by atoms with Crippen LogP contribution in [-0.2, 0) is 30.7 Å². The number of amides is 1. The van der Waals surface area contributed by atoms with Crippen LogP contribution in [0.3, 0.4) is 0 Å².